The summed E-state index contributed by atoms with van der Waals surface area (Å²) in [6.45, 7) is 0.379. The normalized spacial score (nSPS) is 13.4. The molecule has 0 bridgehead atoms. The summed E-state index contributed by atoms with van der Waals surface area (Å²) < 4.78 is 7.60. The molecule has 124 valence electrons. The summed E-state index contributed by atoms with van der Waals surface area (Å²) in [6.07, 6.45) is 7.50. The quantitative estimate of drug-likeness (QED) is 0.792. The van der Waals surface area contributed by atoms with Crippen LogP contribution in [0.25, 0.3) is 22.9 Å². The van der Waals surface area contributed by atoms with Crippen LogP contribution in [0.2, 0.25) is 0 Å². The first-order valence-corrected chi connectivity index (χ1v) is 8.00. The van der Waals surface area contributed by atoms with Gasteiger partial charge < -0.3 is 14.4 Å². The summed E-state index contributed by atoms with van der Waals surface area (Å²) in [4.78, 5) is 15.3. The number of benzene rings is 2. The van der Waals surface area contributed by atoms with Crippen molar-refractivity contribution in [1.82, 2.24) is 9.55 Å². The Balaban J connectivity index is 1.70. The second-order valence-corrected chi connectivity index (χ2v) is 5.84. The topological polar surface area (TPSA) is 64.3 Å². The van der Waals surface area contributed by atoms with E-state index >= 15 is 0 Å². The first kappa shape index (κ1) is 15.2. The number of ether oxygens (including phenoxy) is 1. The number of fused-ring (bicyclic) bond motifs is 1. The molecule has 0 atom stereocenters. The number of hydrogen-bond donors (Lipinski definition) is 1. The number of aliphatic carboxylic acids is 1. The first-order chi connectivity index (χ1) is 12.2. The van der Waals surface area contributed by atoms with Crippen LogP contribution in [-0.4, -0.2) is 27.2 Å². The van der Waals surface area contributed by atoms with Gasteiger partial charge in [0.2, 0.25) is 0 Å². The van der Waals surface area contributed by atoms with Gasteiger partial charge >= 0.3 is 5.97 Å². The lowest BCUT2D eigenvalue weighted by Crippen LogP contribution is -2.03. The van der Waals surface area contributed by atoms with Crippen LogP contribution in [0, 0.1) is 0 Å². The van der Waals surface area contributed by atoms with E-state index in [1.54, 1.807) is 18.6 Å². The van der Waals surface area contributed by atoms with Crippen LogP contribution in [0.15, 0.2) is 66.8 Å². The molecule has 0 unspecified atom stereocenters. The maximum absolute atomic E-state index is 11.3. The minimum Gasteiger partial charge on any atom is -0.493 e. The molecule has 2 aromatic carbocycles. The number of carboxylic acid groups (broad SMARTS) is 1. The van der Waals surface area contributed by atoms with Gasteiger partial charge in [-0.1, -0.05) is 18.2 Å². The second kappa shape index (κ2) is 6.28. The highest BCUT2D eigenvalue weighted by Crippen LogP contribution is 2.31. The van der Waals surface area contributed by atoms with Crippen LogP contribution >= 0.6 is 0 Å². The van der Waals surface area contributed by atoms with Gasteiger partial charge in [-0.25, -0.2) is 9.78 Å². The van der Waals surface area contributed by atoms with Gasteiger partial charge in [0.25, 0.3) is 0 Å². The van der Waals surface area contributed by atoms with E-state index in [4.69, 9.17) is 4.74 Å². The van der Waals surface area contributed by atoms with Gasteiger partial charge in [0.15, 0.2) is 0 Å². The van der Waals surface area contributed by atoms with Gasteiger partial charge in [-0.3, -0.25) is 0 Å². The fourth-order valence-electron chi connectivity index (χ4n) is 2.91. The van der Waals surface area contributed by atoms with E-state index in [0.29, 0.717) is 18.6 Å². The Morgan fingerprint density at radius 1 is 1.12 bits per heavy atom. The first-order valence-electron chi connectivity index (χ1n) is 8.00. The molecule has 0 saturated carbocycles. The lowest BCUT2D eigenvalue weighted by molar-refractivity contribution is -0.132. The predicted octanol–water partition coefficient (Wildman–Crippen LogP) is 3.79. The Labute approximate surface area is 144 Å². The van der Waals surface area contributed by atoms with Crippen molar-refractivity contribution in [1.29, 1.82) is 0 Å². The van der Waals surface area contributed by atoms with Crippen molar-refractivity contribution in [2.24, 2.45) is 0 Å². The number of nitrogens with zero attached hydrogens (tertiary/aromatic N) is 2. The molecule has 0 saturated heterocycles. The Hall–Kier alpha value is -3.34. The van der Waals surface area contributed by atoms with Crippen LogP contribution in [0.1, 0.15) is 12.0 Å². The van der Waals surface area contributed by atoms with E-state index < -0.39 is 5.97 Å². The third-order valence-corrected chi connectivity index (χ3v) is 4.25. The van der Waals surface area contributed by atoms with E-state index in [1.807, 2.05) is 53.2 Å². The Morgan fingerprint density at radius 2 is 1.92 bits per heavy atom. The standard InChI is InChI=1S/C20H16N2O3/c23-20(24)16-7-10-25-19-6-3-15(11-17(19)12-16)14-1-4-18(5-2-14)22-9-8-21-13-22/h1-6,8-9,11-13H,7,10H2,(H,23,24). The molecule has 1 aromatic heterocycles. The van der Waals surface area contributed by atoms with Crippen molar-refractivity contribution < 1.29 is 14.6 Å². The fourth-order valence-corrected chi connectivity index (χ4v) is 2.91. The zero-order valence-corrected chi connectivity index (χ0v) is 13.4. The minimum atomic E-state index is -0.897. The molecule has 1 aliphatic heterocycles. The van der Waals surface area contributed by atoms with Gasteiger partial charge in [0.1, 0.15) is 5.75 Å². The lowest BCUT2D eigenvalue weighted by Gasteiger charge is -2.09. The third kappa shape index (κ3) is 3.04. The molecule has 0 radical (unpaired) electrons. The second-order valence-electron chi connectivity index (χ2n) is 5.84. The molecule has 25 heavy (non-hydrogen) atoms. The maximum Gasteiger partial charge on any atom is 0.331 e. The summed E-state index contributed by atoms with van der Waals surface area (Å²) in [5.41, 5.74) is 4.27. The molecule has 0 spiro atoms. The molecule has 2 heterocycles. The molecule has 0 fully saturated rings. The van der Waals surface area contributed by atoms with Crippen molar-refractivity contribution >= 4 is 12.0 Å². The summed E-state index contributed by atoms with van der Waals surface area (Å²) in [5.74, 6) is -0.179. The van der Waals surface area contributed by atoms with Crippen LogP contribution in [-0.2, 0) is 4.79 Å². The average molecular weight is 332 g/mol. The van der Waals surface area contributed by atoms with Gasteiger partial charge in [-0.05, 0) is 41.5 Å². The molecular weight excluding hydrogens is 316 g/mol. The van der Waals surface area contributed by atoms with Crippen LogP contribution in [0.3, 0.4) is 0 Å². The molecule has 4 rings (SSSR count). The van der Waals surface area contributed by atoms with Gasteiger partial charge in [0, 0.05) is 35.6 Å². The van der Waals surface area contributed by atoms with Crippen LogP contribution in [0.4, 0.5) is 0 Å². The average Bonchev–Trinajstić information content (AvgIpc) is 3.08. The number of imidazole rings is 1. The van der Waals surface area contributed by atoms with Crippen LogP contribution in [0.5, 0.6) is 5.75 Å². The molecule has 1 N–H and O–H groups in total. The Morgan fingerprint density at radius 3 is 2.64 bits per heavy atom. The lowest BCUT2D eigenvalue weighted by atomic mass is 10.0. The Bertz CT molecular complexity index is 942. The van der Waals surface area contributed by atoms with Gasteiger partial charge in [0.05, 0.1) is 12.9 Å². The van der Waals surface area contributed by atoms with Crippen molar-refractivity contribution in [2.45, 2.75) is 6.42 Å². The van der Waals surface area contributed by atoms with E-state index in [9.17, 15) is 9.90 Å². The predicted molar refractivity (Wildman–Crippen MR) is 94.7 cm³/mol. The zero-order valence-electron chi connectivity index (χ0n) is 13.4. The maximum atomic E-state index is 11.3. The van der Waals surface area contributed by atoms with Gasteiger partial charge in [-0.15, -0.1) is 0 Å². The number of aromatic nitrogens is 2. The number of hydrogen-bond acceptors (Lipinski definition) is 3. The fraction of sp³-hybridized carbons (Fsp3) is 0.100. The number of carbonyl (C=O) groups is 1. The third-order valence-electron chi connectivity index (χ3n) is 4.25. The van der Waals surface area contributed by atoms with Gasteiger partial charge in [-0.2, -0.15) is 0 Å². The summed E-state index contributed by atoms with van der Waals surface area (Å²) in [5, 5.41) is 9.26. The van der Waals surface area contributed by atoms with Crippen molar-refractivity contribution in [3.05, 3.63) is 72.3 Å². The number of carboxylic acids is 1. The van der Waals surface area contributed by atoms with Crippen molar-refractivity contribution in [3.63, 3.8) is 0 Å². The minimum absolute atomic E-state index is 0.367. The Kier molecular flexibility index (Phi) is 3.82. The van der Waals surface area contributed by atoms with E-state index in [2.05, 4.69) is 4.98 Å². The SMILES string of the molecule is O=C(O)C1=Cc2cc(-c3ccc(-n4ccnc4)cc3)ccc2OCC1. The molecule has 5 heteroatoms. The molecule has 0 aliphatic carbocycles. The molecule has 3 aromatic rings. The molecule has 1 aliphatic rings. The summed E-state index contributed by atoms with van der Waals surface area (Å²) in [7, 11) is 0. The highest BCUT2D eigenvalue weighted by Gasteiger charge is 2.15. The monoisotopic (exact) mass is 332 g/mol. The van der Waals surface area contributed by atoms with E-state index in [1.165, 1.54) is 0 Å². The highest BCUT2D eigenvalue weighted by molar-refractivity contribution is 5.93. The van der Waals surface area contributed by atoms with Crippen molar-refractivity contribution in [3.8, 4) is 22.6 Å². The number of rotatable bonds is 3. The molecule has 0 amide bonds. The smallest absolute Gasteiger partial charge is 0.331 e. The van der Waals surface area contributed by atoms with Crippen molar-refractivity contribution in [2.75, 3.05) is 6.61 Å². The zero-order chi connectivity index (χ0) is 17.2. The molecular formula is C20H16N2O3. The molecule has 5 nitrogen and oxygen atoms in total. The van der Waals surface area contributed by atoms with E-state index in [-0.39, 0.29) is 0 Å². The summed E-state index contributed by atoms with van der Waals surface area (Å²) >= 11 is 0. The highest BCUT2D eigenvalue weighted by atomic mass is 16.5. The van der Waals surface area contributed by atoms with Crippen LogP contribution < -0.4 is 4.74 Å². The van der Waals surface area contributed by atoms with E-state index in [0.717, 1.165) is 28.1 Å². The summed E-state index contributed by atoms with van der Waals surface area (Å²) in [6, 6.07) is 14.0. The largest absolute Gasteiger partial charge is 0.493 e.